The highest BCUT2D eigenvalue weighted by Crippen LogP contribution is 2.31. The topological polar surface area (TPSA) is 46.1 Å². The number of likely N-dealkylation sites (tertiary alicyclic amines) is 1. The third-order valence-electron chi connectivity index (χ3n) is 5.10. The minimum Gasteiger partial charge on any atom is -0.334 e. The van der Waals surface area contributed by atoms with Gasteiger partial charge in [-0.15, -0.1) is 0 Å². The Hall–Kier alpha value is -3.08. The normalized spacial score (nSPS) is 16.3. The van der Waals surface area contributed by atoms with Gasteiger partial charge in [0.25, 0.3) is 0 Å². The Morgan fingerprint density at radius 2 is 1.96 bits per heavy atom. The van der Waals surface area contributed by atoms with Gasteiger partial charge in [0.1, 0.15) is 5.82 Å². The van der Waals surface area contributed by atoms with Gasteiger partial charge in [-0.1, -0.05) is 24.3 Å². The summed E-state index contributed by atoms with van der Waals surface area (Å²) >= 11 is 0. The summed E-state index contributed by atoms with van der Waals surface area (Å²) in [5.74, 6) is -0.135. The molecule has 0 bridgehead atoms. The molecule has 142 valence electrons. The van der Waals surface area contributed by atoms with Crippen LogP contribution >= 0.6 is 0 Å². The molecule has 3 heterocycles. The smallest absolute Gasteiger partial charge is 0.227 e. The number of amides is 1. The summed E-state index contributed by atoms with van der Waals surface area (Å²) in [7, 11) is 0. The van der Waals surface area contributed by atoms with Gasteiger partial charge in [-0.3, -0.25) is 14.8 Å². The second-order valence-electron chi connectivity index (χ2n) is 7.14. The first-order valence-corrected chi connectivity index (χ1v) is 9.58. The molecule has 28 heavy (non-hydrogen) atoms. The number of hydrogen-bond acceptors (Lipinski definition) is 3. The molecule has 0 radical (unpaired) electrons. The van der Waals surface area contributed by atoms with Crippen molar-refractivity contribution in [2.45, 2.75) is 31.7 Å². The molecular weight excluding hydrogens is 353 g/mol. The number of halogens is 1. The molecule has 0 saturated carbocycles. The van der Waals surface area contributed by atoms with Crippen molar-refractivity contribution in [3.63, 3.8) is 0 Å². The molecule has 1 aliphatic rings. The predicted octanol–water partition coefficient (Wildman–Crippen LogP) is 4.11. The van der Waals surface area contributed by atoms with Crippen LogP contribution in [0.1, 0.15) is 41.4 Å². The Labute approximate surface area is 164 Å². The molecule has 0 unspecified atom stereocenters. The van der Waals surface area contributed by atoms with Crippen molar-refractivity contribution in [2.75, 3.05) is 6.54 Å². The highest BCUT2D eigenvalue weighted by atomic mass is 19.1. The van der Waals surface area contributed by atoms with Gasteiger partial charge in [-0.05, 0) is 54.3 Å². The van der Waals surface area contributed by atoms with Crippen molar-refractivity contribution < 1.29 is 9.18 Å². The molecule has 1 amide bonds. The van der Waals surface area contributed by atoms with Crippen molar-refractivity contribution in [1.29, 1.82) is 0 Å². The summed E-state index contributed by atoms with van der Waals surface area (Å²) < 4.78 is 13.4. The van der Waals surface area contributed by atoms with Crippen LogP contribution < -0.4 is 0 Å². The first-order chi connectivity index (χ1) is 13.7. The maximum absolute atomic E-state index is 13.4. The largest absolute Gasteiger partial charge is 0.334 e. The quantitative estimate of drug-likeness (QED) is 0.674. The van der Waals surface area contributed by atoms with Gasteiger partial charge in [0.15, 0.2) is 0 Å². The first-order valence-electron chi connectivity index (χ1n) is 9.58. The lowest BCUT2D eigenvalue weighted by atomic mass is 10.1. The van der Waals surface area contributed by atoms with E-state index in [1.807, 2.05) is 41.3 Å². The van der Waals surface area contributed by atoms with Crippen LogP contribution in [-0.4, -0.2) is 27.3 Å². The van der Waals surface area contributed by atoms with E-state index in [9.17, 15) is 9.18 Å². The fourth-order valence-corrected chi connectivity index (χ4v) is 3.79. The molecule has 1 atom stereocenters. The molecule has 4 nitrogen and oxygen atoms in total. The Bertz CT molecular complexity index is 961. The summed E-state index contributed by atoms with van der Waals surface area (Å²) in [6.07, 6.45) is 6.26. The van der Waals surface area contributed by atoms with Crippen molar-refractivity contribution in [1.82, 2.24) is 14.9 Å². The van der Waals surface area contributed by atoms with Gasteiger partial charge in [0.2, 0.25) is 5.91 Å². The summed E-state index contributed by atoms with van der Waals surface area (Å²) in [4.78, 5) is 23.7. The lowest BCUT2D eigenvalue weighted by Gasteiger charge is -2.25. The van der Waals surface area contributed by atoms with Crippen LogP contribution in [0.15, 0.2) is 67.0 Å². The number of aromatic nitrogens is 2. The van der Waals surface area contributed by atoms with E-state index in [2.05, 4.69) is 4.98 Å². The zero-order valence-corrected chi connectivity index (χ0v) is 15.6. The Kier molecular flexibility index (Phi) is 5.42. The van der Waals surface area contributed by atoms with Crippen molar-refractivity contribution in [3.8, 4) is 0 Å². The average Bonchev–Trinajstić information content (AvgIpc) is 3.19. The Balaban J connectivity index is 1.50. The van der Waals surface area contributed by atoms with Crippen molar-refractivity contribution in [3.05, 3.63) is 95.3 Å². The minimum absolute atomic E-state index is 0.00312. The van der Waals surface area contributed by atoms with E-state index in [0.717, 1.165) is 41.9 Å². The zero-order chi connectivity index (χ0) is 19.3. The summed E-state index contributed by atoms with van der Waals surface area (Å²) in [6.45, 7) is 0.750. The zero-order valence-electron chi connectivity index (χ0n) is 15.6. The van der Waals surface area contributed by atoms with Crippen molar-refractivity contribution >= 4 is 5.91 Å². The lowest BCUT2D eigenvalue weighted by molar-refractivity contribution is -0.131. The second kappa shape index (κ2) is 8.30. The number of hydrogen-bond donors (Lipinski definition) is 0. The van der Waals surface area contributed by atoms with Crippen LogP contribution in [0.3, 0.4) is 0 Å². The van der Waals surface area contributed by atoms with Crippen LogP contribution in [0.25, 0.3) is 0 Å². The molecule has 0 N–H and O–H groups in total. The van der Waals surface area contributed by atoms with Gasteiger partial charge in [0, 0.05) is 31.1 Å². The Morgan fingerprint density at radius 1 is 1.11 bits per heavy atom. The van der Waals surface area contributed by atoms with Gasteiger partial charge < -0.3 is 4.90 Å². The fraction of sp³-hybridized carbons (Fsp3) is 0.261. The average molecular weight is 375 g/mol. The SMILES string of the molecule is O=C(Cc1cccnc1)N1CCC[C@@H]1c1cccc(Cc2cccc(F)c2)n1. The Morgan fingerprint density at radius 3 is 2.79 bits per heavy atom. The van der Waals surface area contributed by atoms with Gasteiger partial charge in [0.05, 0.1) is 18.2 Å². The van der Waals surface area contributed by atoms with E-state index in [0.29, 0.717) is 12.8 Å². The van der Waals surface area contributed by atoms with Gasteiger partial charge in [-0.25, -0.2) is 4.39 Å². The maximum atomic E-state index is 13.4. The van der Waals surface area contributed by atoms with Gasteiger partial charge >= 0.3 is 0 Å². The molecule has 1 aromatic carbocycles. The molecule has 5 heteroatoms. The van der Waals surface area contributed by atoms with Crippen molar-refractivity contribution in [2.24, 2.45) is 0 Å². The maximum Gasteiger partial charge on any atom is 0.227 e. The first kappa shape index (κ1) is 18.3. The number of carbonyl (C=O) groups excluding carboxylic acids is 1. The van der Waals surface area contributed by atoms with E-state index in [4.69, 9.17) is 4.98 Å². The highest BCUT2D eigenvalue weighted by molar-refractivity contribution is 5.79. The number of benzene rings is 1. The van der Waals surface area contributed by atoms with Crippen LogP contribution in [0.2, 0.25) is 0 Å². The van der Waals surface area contributed by atoms with Crippen LogP contribution in [0, 0.1) is 5.82 Å². The number of pyridine rings is 2. The number of nitrogens with zero attached hydrogens (tertiary/aromatic N) is 3. The number of rotatable bonds is 5. The highest BCUT2D eigenvalue weighted by Gasteiger charge is 2.30. The number of carbonyl (C=O) groups is 1. The van der Waals surface area contributed by atoms with E-state index in [-0.39, 0.29) is 17.8 Å². The van der Waals surface area contributed by atoms with E-state index in [1.54, 1.807) is 18.5 Å². The van der Waals surface area contributed by atoms with Crippen LogP contribution in [-0.2, 0) is 17.6 Å². The second-order valence-corrected chi connectivity index (χ2v) is 7.14. The molecule has 1 saturated heterocycles. The molecule has 1 fully saturated rings. The van der Waals surface area contributed by atoms with E-state index >= 15 is 0 Å². The predicted molar refractivity (Wildman–Crippen MR) is 105 cm³/mol. The molecule has 4 rings (SSSR count). The summed E-state index contributed by atoms with van der Waals surface area (Å²) in [5, 5.41) is 0. The third kappa shape index (κ3) is 4.25. The third-order valence-corrected chi connectivity index (χ3v) is 5.10. The summed E-state index contributed by atoms with van der Waals surface area (Å²) in [5.41, 5.74) is 3.60. The molecule has 1 aliphatic heterocycles. The molecule has 3 aromatic rings. The van der Waals surface area contributed by atoms with Gasteiger partial charge in [-0.2, -0.15) is 0 Å². The standard InChI is InChI=1S/C23H22FN3O/c24-19-7-1-5-17(13-19)14-20-8-2-9-21(26-20)22-10-4-12-27(22)23(28)15-18-6-3-11-25-16-18/h1-3,5-9,11,13,16,22H,4,10,12,14-15H2/t22-/m1/s1. The van der Waals surface area contributed by atoms with E-state index in [1.165, 1.54) is 12.1 Å². The lowest BCUT2D eigenvalue weighted by Crippen LogP contribution is -2.32. The molecule has 0 spiro atoms. The van der Waals surface area contributed by atoms with Crippen LogP contribution in [0.5, 0.6) is 0 Å². The molecule has 0 aliphatic carbocycles. The van der Waals surface area contributed by atoms with E-state index < -0.39 is 0 Å². The monoisotopic (exact) mass is 375 g/mol. The summed E-state index contributed by atoms with van der Waals surface area (Å²) in [6, 6.07) is 16.3. The molecule has 2 aromatic heterocycles. The fourth-order valence-electron chi connectivity index (χ4n) is 3.79. The molecular formula is C23H22FN3O. The minimum atomic E-state index is -0.239. The van der Waals surface area contributed by atoms with Crippen LogP contribution in [0.4, 0.5) is 4.39 Å².